The van der Waals surface area contributed by atoms with E-state index in [0.29, 0.717) is 5.69 Å². The monoisotopic (exact) mass is 279 g/mol. The lowest BCUT2D eigenvalue weighted by Crippen LogP contribution is -2.46. The van der Waals surface area contributed by atoms with Crippen molar-refractivity contribution in [2.24, 2.45) is 5.73 Å². The molecule has 2 rings (SSSR count). The van der Waals surface area contributed by atoms with Gasteiger partial charge in [-0.3, -0.25) is 9.69 Å². The van der Waals surface area contributed by atoms with Crippen molar-refractivity contribution in [1.29, 1.82) is 0 Å². The minimum atomic E-state index is -0.317. The second kappa shape index (κ2) is 6.09. The van der Waals surface area contributed by atoms with Crippen molar-refractivity contribution in [2.75, 3.05) is 20.2 Å². The van der Waals surface area contributed by atoms with Gasteiger partial charge in [0, 0.05) is 25.3 Å². The van der Waals surface area contributed by atoms with Crippen molar-refractivity contribution in [1.82, 2.24) is 9.47 Å². The molecule has 1 aliphatic heterocycles. The number of hydrogen-bond acceptors (Lipinski definition) is 4. The quantitative estimate of drug-likeness (QED) is 0.826. The molecule has 1 unspecified atom stereocenters. The minimum absolute atomic E-state index is 0.235. The maximum atomic E-state index is 11.7. The molecule has 1 atom stereocenters. The molecule has 0 aliphatic carbocycles. The summed E-state index contributed by atoms with van der Waals surface area (Å²) in [6, 6.07) is 3.64. The van der Waals surface area contributed by atoms with E-state index in [1.54, 1.807) is 6.07 Å². The van der Waals surface area contributed by atoms with Crippen LogP contribution in [0.4, 0.5) is 0 Å². The third-order valence-electron chi connectivity index (χ3n) is 4.03. The zero-order chi connectivity index (χ0) is 14.7. The van der Waals surface area contributed by atoms with Crippen LogP contribution >= 0.6 is 0 Å². The van der Waals surface area contributed by atoms with Gasteiger partial charge in [0.15, 0.2) is 0 Å². The Hall–Kier alpha value is -1.82. The number of amides is 1. The molecule has 1 aliphatic rings. The van der Waals surface area contributed by atoms with Crippen molar-refractivity contribution < 1.29 is 14.3 Å². The average Bonchev–Trinajstić information content (AvgIpc) is 2.95. The SMILES string of the molecule is COC(=O)c1cccn1C1CCN(C(C)C(N)=O)CC1. The zero-order valence-corrected chi connectivity index (χ0v) is 11.9. The molecule has 0 spiro atoms. The van der Waals surface area contributed by atoms with Crippen LogP contribution in [0.15, 0.2) is 18.3 Å². The predicted octanol–water partition coefficient (Wildman–Crippen LogP) is 0.785. The molecule has 2 heterocycles. The van der Waals surface area contributed by atoms with Crippen molar-refractivity contribution in [3.8, 4) is 0 Å². The van der Waals surface area contributed by atoms with Gasteiger partial charge in [-0.2, -0.15) is 0 Å². The fraction of sp³-hybridized carbons (Fsp3) is 0.571. The van der Waals surface area contributed by atoms with Gasteiger partial charge in [0.2, 0.25) is 5.91 Å². The number of esters is 1. The molecule has 0 aromatic carbocycles. The second-order valence-electron chi connectivity index (χ2n) is 5.14. The number of likely N-dealkylation sites (tertiary alicyclic amines) is 1. The first-order chi connectivity index (χ1) is 9.54. The molecule has 110 valence electrons. The number of piperidine rings is 1. The first-order valence-corrected chi connectivity index (χ1v) is 6.83. The Kier molecular flexibility index (Phi) is 4.44. The molecule has 0 saturated carbocycles. The fourth-order valence-electron chi connectivity index (χ4n) is 2.72. The second-order valence-corrected chi connectivity index (χ2v) is 5.14. The van der Waals surface area contributed by atoms with E-state index < -0.39 is 0 Å². The molecule has 20 heavy (non-hydrogen) atoms. The highest BCUT2D eigenvalue weighted by Crippen LogP contribution is 2.25. The highest BCUT2D eigenvalue weighted by molar-refractivity contribution is 5.87. The molecule has 1 amide bonds. The molecule has 6 heteroatoms. The summed E-state index contributed by atoms with van der Waals surface area (Å²) in [4.78, 5) is 25.0. The van der Waals surface area contributed by atoms with Crippen LogP contribution in [-0.2, 0) is 9.53 Å². The van der Waals surface area contributed by atoms with E-state index in [-0.39, 0.29) is 24.0 Å². The molecule has 2 N–H and O–H groups in total. The zero-order valence-electron chi connectivity index (χ0n) is 11.9. The van der Waals surface area contributed by atoms with Crippen LogP contribution in [0.5, 0.6) is 0 Å². The molecular formula is C14H21N3O3. The average molecular weight is 279 g/mol. The molecule has 6 nitrogen and oxygen atoms in total. The van der Waals surface area contributed by atoms with Gasteiger partial charge < -0.3 is 15.0 Å². The maximum Gasteiger partial charge on any atom is 0.354 e. The number of nitrogens with zero attached hydrogens (tertiary/aromatic N) is 2. The van der Waals surface area contributed by atoms with Crippen LogP contribution in [0.2, 0.25) is 0 Å². The van der Waals surface area contributed by atoms with Crippen LogP contribution in [0, 0.1) is 0 Å². The largest absolute Gasteiger partial charge is 0.464 e. The summed E-state index contributed by atoms with van der Waals surface area (Å²) in [7, 11) is 1.39. The Labute approximate surface area is 118 Å². The summed E-state index contributed by atoms with van der Waals surface area (Å²) in [5, 5.41) is 0. The van der Waals surface area contributed by atoms with E-state index >= 15 is 0 Å². The number of carbonyl (C=O) groups is 2. The van der Waals surface area contributed by atoms with Gasteiger partial charge in [-0.15, -0.1) is 0 Å². The normalized spacial score (nSPS) is 18.7. The van der Waals surface area contributed by atoms with Crippen molar-refractivity contribution in [3.63, 3.8) is 0 Å². The van der Waals surface area contributed by atoms with Gasteiger partial charge >= 0.3 is 5.97 Å². The summed E-state index contributed by atoms with van der Waals surface area (Å²) < 4.78 is 6.76. The summed E-state index contributed by atoms with van der Waals surface area (Å²) in [6.07, 6.45) is 3.68. The van der Waals surface area contributed by atoms with E-state index in [1.807, 2.05) is 23.8 Å². The van der Waals surface area contributed by atoms with Crippen LogP contribution in [0.3, 0.4) is 0 Å². The lowest BCUT2D eigenvalue weighted by Gasteiger charge is -2.35. The molecule has 1 saturated heterocycles. The highest BCUT2D eigenvalue weighted by Gasteiger charge is 2.27. The number of carbonyl (C=O) groups excluding carboxylic acids is 2. The van der Waals surface area contributed by atoms with E-state index in [0.717, 1.165) is 25.9 Å². The third kappa shape index (κ3) is 2.85. The number of primary amides is 1. The van der Waals surface area contributed by atoms with Gasteiger partial charge in [-0.05, 0) is 31.9 Å². The van der Waals surface area contributed by atoms with Crippen LogP contribution in [0.25, 0.3) is 0 Å². The number of methoxy groups -OCH3 is 1. The van der Waals surface area contributed by atoms with Gasteiger partial charge in [0.25, 0.3) is 0 Å². The van der Waals surface area contributed by atoms with Crippen LogP contribution < -0.4 is 5.73 Å². The Morgan fingerprint density at radius 1 is 1.40 bits per heavy atom. The molecular weight excluding hydrogens is 258 g/mol. The highest BCUT2D eigenvalue weighted by atomic mass is 16.5. The van der Waals surface area contributed by atoms with E-state index in [1.165, 1.54) is 7.11 Å². The van der Waals surface area contributed by atoms with Gasteiger partial charge in [-0.1, -0.05) is 0 Å². The van der Waals surface area contributed by atoms with E-state index in [4.69, 9.17) is 10.5 Å². The summed E-state index contributed by atoms with van der Waals surface area (Å²) in [5.74, 6) is -0.609. The third-order valence-corrected chi connectivity index (χ3v) is 4.03. The smallest absolute Gasteiger partial charge is 0.354 e. The lowest BCUT2D eigenvalue weighted by molar-refractivity contribution is -0.123. The van der Waals surface area contributed by atoms with Crippen molar-refractivity contribution >= 4 is 11.9 Å². The summed E-state index contributed by atoms with van der Waals surface area (Å²) in [6.45, 7) is 3.43. The van der Waals surface area contributed by atoms with Gasteiger partial charge in [0.05, 0.1) is 13.2 Å². The Morgan fingerprint density at radius 2 is 2.05 bits per heavy atom. The Bertz CT molecular complexity index is 490. The number of ether oxygens (including phenoxy) is 1. The minimum Gasteiger partial charge on any atom is -0.464 e. The predicted molar refractivity (Wildman–Crippen MR) is 74.3 cm³/mol. The molecule has 1 aromatic rings. The van der Waals surface area contributed by atoms with Crippen molar-refractivity contribution in [2.45, 2.75) is 31.8 Å². The van der Waals surface area contributed by atoms with Gasteiger partial charge in [0.1, 0.15) is 5.69 Å². The number of rotatable bonds is 4. The first-order valence-electron chi connectivity index (χ1n) is 6.83. The number of aromatic nitrogens is 1. The fourth-order valence-corrected chi connectivity index (χ4v) is 2.72. The molecule has 1 fully saturated rings. The first kappa shape index (κ1) is 14.6. The standard InChI is InChI=1S/C14H21N3O3/c1-10(13(15)18)16-8-5-11(6-9-16)17-7-3-4-12(17)14(19)20-2/h3-4,7,10-11H,5-6,8-9H2,1-2H3,(H2,15,18). The van der Waals surface area contributed by atoms with Gasteiger partial charge in [-0.25, -0.2) is 4.79 Å². The van der Waals surface area contributed by atoms with Crippen LogP contribution in [0.1, 0.15) is 36.3 Å². The maximum absolute atomic E-state index is 11.7. The Balaban J connectivity index is 2.03. The molecule has 0 bridgehead atoms. The lowest BCUT2D eigenvalue weighted by atomic mass is 10.0. The Morgan fingerprint density at radius 3 is 2.60 bits per heavy atom. The molecule has 1 aromatic heterocycles. The van der Waals surface area contributed by atoms with E-state index in [9.17, 15) is 9.59 Å². The van der Waals surface area contributed by atoms with E-state index in [2.05, 4.69) is 4.90 Å². The molecule has 0 radical (unpaired) electrons. The topological polar surface area (TPSA) is 77.6 Å². The van der Waals surface area contributed by atoms with Crippen molar-refractivity contribution in [3.05, 3.63) is 24.0 Å². The summed E-state index contributed by atoms with van der Waals surface area (Å²) >= 11 is 0. The van der Waals surface area contributed by atoms with Crippen LogP contribution in [-0.4, -0.2) is 47.6 Å². The summed E-state index contributed by atoms with van der Waals surface area (Å²) in [5.41, 5.74) is 5.91. The number of hydrogen-bond donors (Lipinski definition) is 1. The number of nitrogens with two attached hydrogens (primary N) is 1.